The van der Waals surface area contributed by atoms with Crippen molar-refractivity contribution >= 4 is 40.2 Å². The standard InChI is InChI=1S/C20H21N5O3/c1-27-16-6-7-21-15(16)9-12-17-13(23-19(12)26)4-5-14-18(17)25-20(24-14)22-10-11-3-2-8-28-11/h4-7,9,11,21H,2-3,8,10H2,1H3,(H,23,26)(H2,22,24,25)/b12-9-. The molecule has 4 N–H and O–H groups in total. The van der Waals surface area contributed by atoms with Crippen LogP contribution in [0, 0.1) is 0 Å². The van der Waals surface area contributed by atoms with E-state index in [9.17, 15) is 4.79 Å². The van der Waals surface area contributed by atoms with E-state index >= 15 is 0 Å². The molecule has 8 nitrogen and oxygen atoms in total. The van der Waals surface area contributed by atoms with E-state index in [2.05, 4.69) is 20.6 Å². The van der Waals surface area contributed by atoms with E-state index in [4.69, 9.17) is 14.5 Å². The van der Waals surface area contributed by atoms with E-state index in [-0.39, 0.29) is 12.0 Å². The molecule has 5 rings (SSSR count). The van der Waals surface area contributed by atoms with Gasteiger partial charge in [-0.2, -0.15) is 0 Å². The minimum absolute atomic E-state index is 0.156. The first-order chi connectivity index (χ1) is 13.7. The Morgan fingerprint density at radius 1 is 1.39 bits per heavy atom. The van der Waals surface area contributed by atoms with Crippen molar-refractivity contribution in [2.45, 2.75) is 18.9 Å². The number of imidazole rings is 1. The summed E-state index contributed by atoms with van der Waals surface area (Å²) in [6, 6.07) is 5.64. The largest absolute Gasteiger partial charge is 0.495 e. The second kappa shape index (κ2) is 6.72. The number of benzene rings is 1. The normalized spacial score (nSPS) is 20.0. The van der Waals surface area contributed by atoms with Crippen molar-refractivity contribution < 1.29 is 14.3 Å². The van der Waals surface area contributed by atoms with Gasteiger partial charge in [0.15, 0.2) is 0 Å². The predicted molar refractivity (Wildman–Crippen MR) is 107 cm³/mol. The summed E-state index contributed by atoms with van der Waals surface area (Å²) in [6.45, 7) is 1.53. The second-order valence-corrected chi connectivity index (χ2v) is 6.96. The highest BCUT2D eigenvalue weighted by Gasteiger charge is 2.28. The molecule has 0 bridgehead atoms. The molecule has 1 unspecified atom stereocenters. The molecule has 1 atom stereocenters. The van der Waals surface area contributed by atoms with Crippen molar-refractivity contribution in [2.75, 3.05) is 30.9 Å². The molecule has 2 aliphatic heterocycles. The molecule has 3 aromatic rings. The second-order valence-electron chi connectivity index (χ2n) is 6.96. The number of ether oxygens (including phenoxy) is 2. The number of carbonyl (C=O) groups is 1. The van der Waals surface area contributed by atoms with Crippen LogP contribution in [0.5, 0.6) is 5.75 Å². The number of nitrogens with zero attached hydrogens (tertiary/aromatic N) is 1. The van der Waals surface area contributed by atoms with Crippen molar-refractivity contribution in [3.05, 3.63) is 35.7 Å². The van der Waals surface area contributed by atoms with Crippen LogP contribution in [-0.2, 0) is 9.53 Å². The van der Waals surface area contributed by atoms with Gasteiger partial charge in [0.2, 0.25) is 5.95 Å². The van der Waals surface area contributed by atoms with E-state index in [1.54, 1.807) is 19.4 Å². The van der Waals surface area contributed by atoms with Gasteiger partial charge in [-0.3, -0.25) is 4.79 Å². The van der Waals surface area contributed by atoms with Crippen LogP contribution in [0.1, 0.15) is 24.1 Å². The fourth-order valence-electron chi connectivity index (χ4n) is 3.80. The quantitative estimate of drug-likeness (QED) is 0.510. The van der Waals surface area contributed by atoms with Crippen LogP contribution in [-0.4, -0.2) is 47.2 Å². The van der Waals surface area contributed by atoms with Crippen molar-refractivity contribution in [3.63, 3.8) is 0 Å². The lowest BCUT2D eigenvalue weighted by atomic mass is 10.0. The third kappa shape index (κ3) is 2.82. The number of methoxy groups -OCH3 is 1. The Morgan fingerprint density at radius 2 is 2.32 bits per heavy atom. The number of H-pyrrole nitrogens is 2. The fourth-order valence-corrected chi connectivity index (χ4v) is 3.80. The topological polar surface area (TPSA) is 104 Å². The molecule has 4 heterocycles. The molecule has 1 aromatic carbocycles. The predicted octanol–water partition coefficient (Wildman–Crippen LogP) is 2.98. The van der Waals surface area contributed by atoms with Crippen LogP contribution >= 0.6 is 0 Å². The maximum Gasteiger partial charge on any atom is 0.256 e. The Balaban J connectivity index is 1.52. The molecule has 2 aliphatic rings. The first-order valence-corrected chi connectivity index (χ1v) is 9.36. The first kappa shape index (κ1) is 16.9. The summed E-state index contributed by atoms with van der Waals surface area (Å²) in [7, 11) is 1.60. The van der Waals surface area contributed by atoms with Crippen molar-refractivity contribution in [2.24, 2.45) is 0 Å². The summed E-state index contributed by atoms with van der Waals surface area (Å²) in [6.07, 6.45) is 5.96. The number of aromatic amines is 2. The van der Waals surface area contributed by atoms with Gasteiger partial charge in [-0.25, -0.2) is 4.98 Å². The zero-order chi connectivity index (χ0) is 19.1. The number of nitrogens with one attached hydrogen (secondary N) is 4. The van der Waals surface area contributed by atoms with Gasteiger partial charge >= 0.3 is 0 Å². The van der Waals surface area contributed by atoms with Crippen LogP contribution < -0.4 is 15.4 Å². The van der Waals surface area contributed by atoms with Crippen LogP contribution in [0.3, 0.4) is 0 Å². The van der Waals surface area contributed by atoms with E-state index < -0.39 is 0 Å². The molecule has 0 radical (unpaired) electrons. The number of amides is 1. The molecule has 8 heteroatoms. The Labute approximate surface area is 161 Å². The van der Waals surface area contributed by atoms with E-state index in [0.29, 0.717) is 23.8 Å². The zero-order valence-corrected chi connectivity index (χ0v) is 15.5. The summed E-state index contributed by atoms with van der Waals surface area (Å²) in [5, 5.41) is 6.23. The van der Waals surface area contributed by atoms with Gasteiger partial charge in [0.1, 0.15) is 11.3 Å². The number of fused-ring (bicyclic) bond motifs is 3. The number of anilines is 2. The zero-order valence-electron chi connectivity index (χ0n) is 15.5. The molecule has 0 saturated carbocycles. The molecule has 0 aliphatic carbocycles. The summed E-state index contributed by atoms with van der Waals surface area (Å²) in [4.78, 5) is 23.7. The van der Waals surface area contributed by atoms with Gasteiger partial charge in [0.05, 0.1) is 35.7 Å². The lowest BCUT2D eigenvalue weighted by Gasteiger charge is -2.09. The van der Waals surface area contributed by atoms with Crippen molar-refractivity contribution in [3.8, 4) is 5.75 Å². The molecule has 1 fully saturated rings. The van der Waals surface area contributed by atoms with Crippen LogP contribution in [0.25, 0.3) is 22.7 Å². The van der Waals surface area contributed by atoms with E-state index in [1.807, 2.05) is 18.2 Å². The van der Waals surface area contributed by atoms with Gasteiger partial charge in [-0.1, -0.05) is 0 Å². The molecular formula is C20H21N5O3. The minimum atomic E-state index is -0.156. The van der Waals surface area contributed by atoms with Gasteiger partial charge in [-0.05, 0) is 37.1 Å². The third-order valence-electron chi connectivity index (χ3n) is 5.19. The average molecular weight is 379 g/mol. The van der Waals surface area contributed by atoms with Crippen LogP contribution in [0.4, 0.5) is 11.6 Å². The Morgan fingerprint density at radius 3 is 3.14 bits per heavy atom. The smallest absolute Gasteiger partial charge is 0.256 e. The SMILES string of the molecule is COc1cc[nH]c1/C=C1\C(=O)Nc2ccc3[nH]c(NCC4CCCO4)nc3c21. The van der Waals surface area contributed by atoms with Crippen molar-refractivity contribution in [1.82, 2.24) is 15.0 Å². The molecule has 1 amide bonds. The first-order valence-electron chi connectivity index (χ1n) is 9.36. The number of hydrogen-bond donors (Lipinski definition) is 4. The number of carbonyl (C=O) groups excluding carboxylic acids is 1. The molecule has 28 heavy (non-hydrogen) atoms. The lowest BCUT2D eigenvalue weighted by molar-refractivity contribution is -0.110. The van der Waals surface area contributed by atoms with Gasteiger partial charge < -0.3 is 30.1 Å². The lowest BCUT2D eigenvalue weighted by Crippen LogP contribution is -2.18. The maximum absolute atomic E-state index is 12.6. The third-order valence-corrected chi connectivity index (χ3v) is 5.19. The number of hydrogen-bond acceptors (Lipinski definition) is 5. The van der Waals surface area contributed by atoms with E-state index in [1.165, 1.54) is 0 Å². The monoisotopic (exact) mass is 379 g/mol. The summed E-state index contributed by atoms with van der Waals surface area (Å²) in [5.74, 6) is 1.20. The number of aromatic nitrogens is 3. The number of rotatable bonds is 5. The highest BCUT2D eigenvalue weighted by atomic mass is 16.5. The molecule has 2 aromatic heterocycles. The van der Waals surface area contributed by atoms with Crippen LogP contribution in [0.2, 0.25) is 0 Å². The molecule has 1 saturated heterocycles. The minimum Gasteiger partial charge on any atom is -0.495 e. The highest BCUT2D eigenvalue weighted by Crippen LogP contribution is 2.39. The van der Waals surface area contributed by atoms with E-state index in [0.717, 1.165) is 47.4 Å². The fraction of sp³-hybridized carbons (Fsp3) is 0.300. The molecular weight excluding hydrogens is 358 g/mol. The van der Waals surface area contributed by atoms with Gasteiger partial charge in [0, 0.05) is 24.9 Å². The Kier molecular flexibility index (Phi) is 4.05. The summed E-state index contributed by atoms with van der Waals surface area (Å²) < 4.78 is 11.0. The van der Waals surface area contributed by atoms with Gasteiger partial charge in [0.25, 0.3) is 5.91 Å². The molecule has 0 spiro atoms. The van der Waals surface area contributed by atoms with Crippen LogP contribution in [0.15, 0.2) is 24.4 Å². The Hall–Kier alpha value is -3.26. The van der Waals surface area contributed by atoms with Gasteiger partial charge in [-0.15, -0.1) is 0 Å². The van der Waals surface area contributed by atoms with Crippen molar-refractivity contribution in [1.29, 1.82) is 0 Å². The summed E-state index contributed by atoms with van der Waals surface area (Å²) >= 11 is 0. The Bertz CT molecular complexity index is 1070. The maximum atomic E-state index is 12.6. The summed E-state index contributed by atoms with van der Waals surface area (Å²) in [5.41, 5.74) is 4.47. The highest BCUT2D eigenvalue weighted by molar-refractivity contribution is 6.37. The average Bonchev–Trinajstić information content (AvgIpc) is 3.47. The molecule has 144 valence electrons.